The molecule has 0 aliphatic carbocycles. The Morgan fingerprint density at radius 1 is 0.550 bits per heavy atom. The summed E-state index contributed by atoms with van der Waals surface area (Å²) in [6, 6.07) is 0. The lowest BCUT2D eigenvalue weighted by atomic mass is 10.1. The molecule has 112 valence electrons. The van der Waals surface area contributed by atoms with Crippen molar-refractivity contribution in [2.24, 2.45) is 0 Å². The summed E-state index contributed by atoms with van der Waals surface area (Å²) >= 11 is 0. The summed E-state index contributed by atoms with van der Waals surface area (Å²) in [7, 11) is 11.7. The molecule has 0 spiro atoms. The Hall–Kier alpha value is -0.0301. The average molecular weight is 276 g/mol. The summed E-state index contributed by atoms with van der Waals surface area (Å²) < 4.78 is 0. The van der Waals surface area contributed by atoms with Crippen molar-refractivity contribution >= 4 is 15.7 Å². The minimum atomic E-state index is 0.657. The predicted octanol–water partition coefficient (Wildman–Crippen LogP) is -0.500. The second kappa shape index (κ2) is 10.7. The van der Waals surface area contributed by atoms with Crippen LogP contribution in [0.1, 0.15) is 13.8 Å². The van der Waals surface area contributed by atoms with Gasteiger partial charge < -0.3 is 19.6 Å². The summed E-state index contributed by atoms with van der Waals surface area (Å²) in [6.07, 6.45) is 1.31. The molecule has 0 unspecified atom stereocenters. The van der Waals surface area contributed by atoms with Crippen molar-refractivity contribution in [3.63, 3.8) is 0 Å². The zero-order chi connectivity index (χ0) is 14.8. The Labute approximate surface area is 128 Å². The standard InChI is InChI=1S/C14H30B2N4/c1-3-17-5-9-19(13-15)11-7-18(4-2)8-12-20(14-16)10-6-17/h3-14H2,1-2H3. The third-order valence-electron chi connectivity index (χ3n) is 4.34. The molecule has 0 amide bonds. The fourth-order valence-corrected chi connectivity index (χ4v) is 2.58. The van der Waals surface area contributed by atoms with Gasteiger partial charge in [0.2, 0.25) is 0 Å². The van der Waals surface area contributed by atoms with Crippen LogP contribution in [0.2, 0.25) is 0 Å². The Kier molecular flexibility index (Phi) is 9.61. The normalized spacial score (nSPS) is 23.3. The van der Waals surface area contributed by atoms with Gasteiger partial charge in [0.05, 0.1) is 15.7 Å². The fraction of sp³-hybridized carbons (Fsp3) is 1.00. The highest BCUT2D eigenvalue weighted by Gasteiger charge is 2.13. The largest absolute Gasteiger partial charge is 0.310 e. The molecular formula is C14H30B2N4. The van der Waals surface area contributed by atoms with Crippen molar-refractivity contribution < 1.29 is 0 Å². The molecule has 1 aliphatic heterocycles. The molecule has 0 atom stereocenters. The summed E-state index contributed by atoms with van der Waals surface area (Å²) in [6.45, 7) is 15.3. The summed E-state index contributed by atoms with van der Waals surface area (Å²) in [4.78, 5) is 9.69. The van der Waals surface area contributed by atoms with Gasteiger partial charge >= 0.3 is 0 Å². The van der Waals surface area contributed by atoms with E-state index >= 15 is 0 Å². The summed E-state index contributed by atoms with van der Waals surface area (Å²) in [5.74, 6) is 0. The van der Waals surface area contributed by atoms with Gasteiger partial charge in [0.1, 0.15) is 0 Å². The van der Waals surface area contributed by atoms with Crippen LogP contribution in [0.5, 0.6) is 0 Å². The van der Waals surface area contributed by atoms with Crippen molar-refractivity contribution in [2.75, 3.05) is 78.3 Å². The highest BCUT2D eigenvalue weighted by atomic mass is 15.3. The SMILES string of the molecule is [B]CN1CCN(CC)CCN(C[B])CCN(CC)CC1. The maximum absolute atomic E-state index is 5.87. The van der Waals surface area contributed by atoms with Crippen LogP contribution in [-0.4, -0.2) is 114 Å². The van der Waals surface area contributed by atoms with E-state index in [-0.39, 0.29) is 0 Å². The predicted molar refractivity (Wildman–Crippen MR) is 88.6 cm³/mol. The van der Waals surface area contributed by atoms with E-state index in [4.69, 9.17) is 15.7 Å². The number of rotatable bonds is 4. The molecule has 0 aromatic carbocycles. The van der Waals surface area contributed by atoms with Gasteiger partial charge in [-0.1, -0.05) is 13.8 Å². The Bertz CT molecular complexity index is 179. The first-order chi connectivity index (χ1) is 9.73. The van der Waals surface area contributed by atoms with E-state index in [1.165, 1.54) is 0 Å². The second-order valence-electron chi connectivity index (χ2n) is 5.47. The molecule has 1 aliphatic rings. The lowest BCUT2D eigenvalue weighted by Crippen LogP contribution is -2.46. The van der Waals surface area contributed by atoms with Crippen molar-refractivity contribution in [3.8, 4) is 0 Å². The highest BCUT2D eigenvalue weighted by molar-refractivity contribution is 6.08. The number of likely N-dealkylation sites (N-methyl/N-ethyl adjacent to an activating group) is 2. The average Bonchev–Trinajstić information content (AvgIpc) is 2.48. The molecule has 0 aromatic heterocycles. The number of nitrogens with zero attached hydrogens (tertiary/aromatic N) is 4. The van der Waals surface area contributed by atoms with Crippen LogP contribution < -0.4 is 0 Å². The van der Waals surface area contributed by atoms with Gasteiger partial charge in [0.15, 0.2) is 0 Å². The topological polar surface area (TPSA) is 13.0 Å². The lowest BCUT2D eigenvalue weighted by Gasteiger charge is -2.33. The van der Waals surface area contributed by atoms with Crippen LogP contribution in [0.15, 0.2) is 0 Å². The van der Waals surface area contributed by atoms with Crippen molar-refractivity contribution in [2.45, 2.75) is 13.8 Å². The first kappa shape index (κ1) is 18.0. The molecule has 0 saturated carbocycles. The summed E-state index contributed by atoms with van der Waals surface area (Å²) in [5, 5.41) is 0. The minimum Gasteiger partial charge on any atom is -0.310 e. The van der Waals surface area contributed by atoms with E-state index < -0.39 is 0 Å². The first-order valence-electron chi connectivity index (χ1n) is 8.03. The van der Waals surface area contributed by atoms with Gasteiger partial charge in [0.25, 0.3) is 0 Å². The van der Waals surface area contributed by atoms with Crippen LogP contribution in [0, 0.1) is 0 Å². The molecule has 1 fully saturated rings. The Morgan fingerprint density at radius 2 is 0.800 bits per heavy atom. The van der Waals surface area contributed by atoms with Gasteiger partial charge in [-0.2, -0.15) is 0 Å². The zero-order valence-electron chi connectivity index (χ0n) is 13.4. The quantitative estimate of drug-likeness (QED) is 0.642. The fourth-order valence-electron chi connectivity index (χ4n) is 2.58. The molecule has 1 rings (SSSR count). The smallest absolute Gasteiger partial charge is 0.0863 e. The van der Waals surface area contributed by atoms with Crippen LogP contribution in [-0.2, 0) is 0 Å². The van der Waals surface area contributed by atoms with Crippen LogP contribution in [0.4, 0.5) is 0 Å². The van der Waals surface area contributed by atoms with E-state index in [2.05, 4.69) is 33.4 Å². The van der Waals surface area contributed by atoms with Gasteiger partial charge in [-0.25, -0.2) is 0 Å². The molecule has 0 aromatic rings. The van der Waals surface area contributed by atoms with Gasteiger partial charge in [-0.3, -0.25) is 0 Å². The Morgan fingerprint density at radius 3 is 1.00 bits per heavy atom. The second-order valence-corrected chi connectivity index (χ2v) is 5.47. The van der Waals surface area contributed by atoms with E-state index in [9.17, 15) is 0 Å². The van der Waals surface area contributed by atoms with Gasteiger partial charge in [-0.05, 0) is 26.0 Å². The lowest BCUT2D eigenvalue weighted by molar-refractivity contribution is 0.154. The third kappa shape index (κ3) is 6.61. The maximum atomic E-state index is 5.87. The molecule has 6 heteroatoms. The van der Waals surface area contributed by atoms with Crippen LogP contribution in [0.25, 0.3) is 0 Å². The molecule has 1 saturated heterocycles. The van der Waals surface area contributed by atoms with Gasteiger partial charge in [-0.15, -0.1) is 0 Å². The highest BCUT2D eigenvalue weighted by Crippen LogP contribution is 1.99. The molecular weight excluding hydrogens is 246 g/mol. The van der Waals surface area contributed by atoms with E-state index in [0.717, 1.165) is 65.4 Å². The summed E-state index contributed by atoms with van der Waals surface area (Å²) in [5.41, 5.74) is 0. The van der Waals surface area contributed by atoms with Crippen LogP contribution in [0.3, 0.4) is 0 Å². The van der Waals surface area contributed by atoms with E-state index in [0.29, 0.717) is 12.9 Å². The molecule has 1 heterocycles. The van der Waals surface area contributed by atoms with Crippen molar-refractivity contribution in [1.82, 2.24) is 19.6 Å². The van der Waals surface area contributed by atoms with Crippen molar-refractivity contribution in [3.05, 3.63) is 0 Å². The minimum absolute atomic E-state index is 0.657. The van der Waals surface area contributed by atoms with E-state index in [1.807, 2.05) is 0 Å². The van der Waals surface area contributed by atoms with Crippen molar-refractivity contribution in [1.29, 1.82) is 0 Å². The Balaban J connectivity index is 2.58. The molecule has 4 nitrogen and oxygen atoms in total. The monoisotopic (exact) mass is 276 g/mol. The molecule has 4 radical (unpaired) electrons. The molecule has 20 heavy (non-hydrogen) atoms. The zero-order valence-corrected chi connectivity index (χ0v) is 13.4. The van der Waals surface area contributed by atoms with Crippen LogP contribution >= 0.6 is 0 Å². The van der Waals surface area contributed by atoms with E-state index in [1.54, 1.807) is 0 Å². The first-order valence-corrected chi connectivity index (χ1v) is 8.03. The number of hydrogen-bond acceptors (Lipinski definition) is 4. The maximum Gasteiger partial charge on any atom is 0.0863 e. The third-order valence-corrected chi connectivity index (χ3v) is 4.34. The molecule has 0 N–H and O–H groups in total. The van der Waals surface area contributed by atoms with Gasteiger partial charge in [0, 0.05) is 52.4 Å². The molecule has 0 bridgehead atoms. The number of hydrogen-bond donors (Lipinski definition) is 0.